The minimum absolute atomic E-state index is 0.638. The number of hydrogen-bond acceptors (Lipinski definition) is 4. The van der Waals surface area contributed by atoms with Gasteiger partial charge in [0.1, 0.15) is 11.5 Å². The molecule has 0 bridgehead atoms. The SMILES string of the molecule is COc1c(CNCc2ccc([C@H]3C[C@@H]3C)o2)c(C)nn1C. The van der Waals surface area contributed by atoms with E-state index in [2.05, 4.69) is 29.5 Å². The number of methoxy groups -OCH3 is 1. The molecule has 3 rings (SSSR count). The maximum Gasteiger partial charge on any atom is 0.216 e. The molecule has 0 aliphatic heterocycles. The summed E-state index contributed by atoms with van der Waals surface area (Å²) in [6.45, 7) is 5.71. The molecule has 1 N–H and O–H groups in total. The summed E-state index contributed by atoms with van der Waals surface area (Å²) >= 11 is 0. The van der Waals surface area contributed by atoms with Gasteiger partial charge in [0.05, 0.1) is 24.9 Å². The van der Waals surface area contributed by atoms with Crippen LogP contribution in [0.1, 0.15) is 42.0 Å². The zero-order valence-corrected chi connectivity index (χ0v) is 13.1. The average Bonchev–Trinajstić information content (AvgIpc) is 2.89. The number of aryl methyl sites for hydroxylation is 2. The quantitative estimate of drug-likeness (QED) is 0.888. The number of ether oxygens (including phenoxy) is 1. The molecular formula is C16H23N3O2. The molecule has 0 saturated heterocycles. The summed E-state index contributed by atoms with van der Waals surface area (Å²) in [5, 5.41) is 7.78. The third kappa shape index (κ3) is 2.83. The fraction of sp³-hybridized carbons (Fsp3) is 0.562. The minimum Gasteiger partial charge on any atom is -0.481 e. The Balaban J connectivity index is 1.57. The molecule has 0 aromatic carbocycles. The summed E-state index contributed by atoms with van der Waals surface area (Å²) in [6.07, 6.45) is 1.26. The molecular weight excluding hydrogens is 266 g/mol. The third-order valence-electron chi connectivity index (χ3n) is 4.24. The maximum atomic E-state index is 5.89. The van der Waals surface area contributed by atoms with Crippen LogP contribution in [-0.4, -0.2) is 16.9 Å². The van der Waals surface area contributed by atoms with Gasteiger partial charge in [-0.15, -0.1) is 0 Å². The molecule has 0 amide bonds. The van der Waals surface area contributed by atoms with E-state index >= 15 is 0 Å². The summed E-state index contributed by atoms with van der Waals surface area (Å²) in [4.78, 5) is 0. The Hall–Kier alpha value is -1.75. The van der Waals surface area contributed by atoms with Crippen molar-refractivity contribution in [2.24, 2.45) is 13.0 Å². The van der Waals surface area contributed by atoms with Crippen molar-refractivity contribution in [1.82, 2.24) is 15.1 Å². The van der Waals surface area contributed by atoms with Crippen LogP contribution in [0.5, 0.6) is 5.88 Å². The van der Waals surface area contributed by atoms with Gasteiger partial charge >= 0.3 is 0 Å². The Morgan fingerprint density at radius 2 is 2.19 bits per heavy atom. The number of nitrogens with one attached hydrogen (secondary N) is 1. The van der Waals surface area contributed by atoms with Crippen LogP contribution in [0.25, 0.3) is 0 Å². The molecule has 1 aliphatic rings. The van der Waals surface area contributed by atoms with Gasteiger partial charge in [0.15, 0.2) is 0 Å². The highest BCUT2D eigenvalue weighted by Gasteiger charge is 2.36. The van der Waals surface area contributed by atoms with Crippen LogP contribution in [0, 0.1) is 12.8 Å². The molecule has 0 unspecified atom stereocenters. The van der Waals surface area contributed by atoms with E-state index in [1.54, 1.807) is 11.8 Å². The second-order valence-electron chi connectivity index (χ2n) is 5.92. The predicted octanol–water partition coefficient (Wildman–Crippen LogP) is 2.74. The Labute approximate surface area is 125 Å². The fourth-order valence-electron chi connectivity index (χ4n) is 2.86. The Kier molecular flexibility index (Phi) is 3.76. The lowest BCUT2D eigenvalue weighted by Crippen LogP contribution is -2.13. The van der Waals surface area contributed by atoms with Crippen LogP contribution in [0.3, 0.4) is 0 Å². The molecule has 0 spiro atoms. The Morgan fingerprint density at radius 1 is 1.43 bits per heavy atom. The van der Waals surface area contributed by atoms with Gasteiger partial charge in [0.2, 0.25) is 5.88 Å². The van der Waals surface area contributed by atoms with Crippen molar-refractivity contribution in [3.05, 3.63) is 34.9 Å². The molecule has 114 valence electrons. The largest absolute Gasteiger partial charge is 0.481 e. The third-order valence-corrected chi connectivity index (χ3v) is 4.24. The number of furan rings is 1. The van der Waals surface area contributed by atoms with Crippen molar-refractivity contribution in [3.8, 4) is 5.88 Å². The maximum absolute atomic E-state index is 5.89. The molecule has 5 heteroatoms. The average molecular weight is 289 g/mol. The lowest BCUT2D eigenvalue weighted by atomic mass is 10.2. The fourth-order valence-corrected chi connectivity index (χ4v) is 2.86. The summed E-state index contributed by atoms with van der Waals surface area (Å²) in [7, 11) is 3.57. The molecule has 21 heavy (non-hydrogen) atoms. The van der Waals surface area contributed by atoms with Crippen LogP contribution < -0.4 is 10.1 Å². The second kappa shape index (κ2) is 5.56. The van der Waals surface area contributed by atoms with Crippen LogP contribution in [0.15, 0.2) is 16.5 Å². The first kappa shape index (κ1) is 14.2. The number of hydrogen-bond donors (Lipinski definition) is 1. The first-order chi connectivity index (χ1) is 10.1. The van der Waals surface area contributed by atoms with Crippen LogP contribution >= 0.6 is 0 Å². The minimum atomic E-state index is 0.638. The van der Waals surface area contributed by atoms with E-state index in [1.165, 1.54) is 6.42 Å². The van der Waals surface area contributed by atoms with E-state index in [-0.39, 0.29) is 0 Å². The smallest absolute Gasteiger partial charge is 0.216 e. The van der Waals surface area contributed by atoms with Crippen molar-refractivity contribution in [3.63, 3.8) is 0 Å². The summed E-state index contributed by atoms with van der Waals surface area (Å²) in [6, 6.07) is 4.18. The van der Waals surface area contributed by atoms with E-state index < -0.39 is 0 Å². The summed E-state index contributed by atoms with van der Waals surface area (Å²) < 4.78 is 13.1. The molecule has 1 aliphatic carbocycles. The normalized spacial score (nSPS) is 20.8. The molecule has 2 heterocycles. The standard InChI is InChI=1S/C16H23N3O2/c1-10-7-13(10)15-6-5-12(21-15)8-17-9-14-11(2)18-19(3)16(14)20-4/h5-6,10,13,17H,7-9H2,1-4H3/t10-,13-/m0/s1. The van der Waals surface area contributed by atoms with Gasteiger partial charge in [-0.2, -0.15) is 5.10 Å². The van der Waals surface area contributed by atoms with Crippen LogP contribution in [0.4, 0.5) is 0 Å². The molecule has 1 saturated carbocycles. The highest BCUT2D eigenvalue weighted by Crippen LogP contribution is 2.47. The summed E-state index contributed by atoms with van der Waals surface area (Å²) in [5.41, 5.74) is 2.09. The van der Waals surface area contributed by atoms with Crippen molar-refractivity contribution in [2.75, 3.05) is 7.11 Å². The first-order valence-electron chi connectivity index (χ1n) is 7.46. The van der Waals surface area contributed by atoms with Gasteiger partial charge in [-0.3, -0.25) is 0 Å². The zero-order valence-electron chi connectivity index (χ0n) is 13.1. The van der Waals surface area contributed by atoms with E-state index in [0.717, 1.165) is 47.7 Å². The number of nitrogens with zero attached hydrogens (tertiary/aromatic N) is 2. The molecule has 0 radical (unpaired) electrons. The van der Waals surface area contributed by atoms with E-state index in [1.807, 2.05) is 14.0 Å². The Bertz CT molecular complexity index is 630. The van der Waals surface area contributed by atoms with E-state index in [4.69, 9.17) is 9.15 Å². The van der Waals surface area contributed by atoms with Gasteiger partial charge in [-0.05, 0) is 31.4 Å². The Morgan fingerprint density at radius 3 is 2.86 bits per heavy atom. The molecule has 2 aromatic rings. The van der Waals surface area contributed by atoms with Crippen LogP contribution in [-0.2, 0) is 20.1 Å². The molecule has 5 nitrogen and oxygen atoms in total. The second-order valence-corrected chi connectivity index (χ2v) is 5.92. The monoisotopic (exact) mass is 289 g/mol. The first-order valence-corrected chi connectivity index (χ1v) is 7.46. The van der Waals surface area contributed by atoms with Crippen molar-refractivity contribution < 1.29 is 9.15 Å². The molecule has 1 fully saturated rings. The highest BCUT2D eigenvalue weighted by molar-refractivity contribution is 5.30. The van der Waals surface area contributed by atoms with E-state index in [9.17, 15) is 0 Å². The van der Waals surface area contributed by atoms with Gasteiger partial charge in [-0.1, -0.05) is 6.92 Å². The topological polar surface area (TPSA) is 52.2 Å². The molecule has 2 atom stereocenters. The van der Waals surface area contributed by atoms with Crippen molar-refractivity contribution >= 4 is 0 Å². The van der Waals surface area contributed by atoms with Gasteiger partial charge in [-0.25, -0.2) is 4.68 Å². The van der Waals surface area contributed by atoms with Crippen LogP contribution in [0.2, 0.25) is 0 Å². The van der Waals surface area contributed by atoms with Gasteiger partial charge in [0, 0.05) is 19.5 Å². The van der Waals surface area contributed by atoms with Crippen molar-refractivity contribution in [1.29, 1.82) is 0 Å². The summed E-state index contributed by atoms with van der Waals surface area (Å²) in [5.74, 6) is 4.35. The molecule has 2 aromatic heterocycles. The van der Waals surface area contributed by atoms with Gasteiger partial charge < -0.3 is 14.5 Å². The lowest BCUT2D eigenvalue weighted by Gasteiger charge is -2.06. The van der Waals surface area contributed by atoms with E-state index in [0.29, 0.717) is 5.92 Å². The highest BCUT2D eigenvalue weighted by atomic mass is 16.5. The number of rotatable bonds is 6. The van der Waals surface area contributed by atoms with Crippen molar-refractivity contribution in [2.45, 2.75) is 39.3 Å². The van der Waals surface area contributed by atoms with Gasteiger partial charge in [0.25, 0.3) is 0 Å². The number of aromatic nitrogens is 2. The predicted molar refractivity (Wildman–Crippen MR) is 80.3 cm³/mol. The lowest BCUT2D eigenvalue weighted by molar-refractivity contribution is 0.367. The zero-order chi connectivity index (χ0) is 15.0.